The highest BCUT2D eigenvalue weighted by Gasteiger charge is 2.62. The molecule has 2 unspecified atom stereocenters. The second-order valence-corrected chi connectivity index (χ2v) is 7.04. The van der Waals surface area contributed by atoms with Gasteiger partial charge in [-0.1, -0.05) is 13.8 Å². The molecule has 134 valence electrons. The molecular weight excluding hydrogens is 318 g/mol. The van der Waals surface area contributed by atoms with Gasteiger partial charge in [0.15, 0.2) is 0 Å². The van der Waals surface area contributed by atoms with Crippen LogP contribution in [0.5, 0.6) is 0 Å². The Kier molecular flexibility index (Phi) is 6.86. The van der Waals surface area contributed by atoms with Gasteiger partial charge in [-0.3, -0.25) is 9.59 Å². The van der Waals surface area contributed by atoms with Crippen molar-refractivity contribution in [2.24, 2.45) is 11.1 Å². The van der Waals surface area contributed by atoms with Crippen LogP contribution in [0, 0.1) is 5.41 Å². The molecule has 0 saturated heterocycles. The van der Waals surface area contributed by atoms with Crippen LogP contribution in [0.3, 0.4) is 0 Å². The van der Waals surface area contributed by atoms with Crippen molar-refractivity contribution < 1.29 is 14.3 Å². The largest absolute Gasteiger partial charge is 0.378 e. The highest BCUT2D eigenvalue weighted by molar-refractivity contribution is 5.88. The number of carbonyl (C=O) groups excluding carboxylic acids is 2. The maximum atomic E-state index is 12.4. The molecule has 0 heterocycles. The molecule has 2 saturated carbocycles. The third kappa shape index (κ3) is 4.37. The lowest BCUT2D eigenvalue weighted by Gasteiger charge is -2.57. The van der Waals surface area contributed by atoms with E-state index in [0.29, 0.717) is 38.5 Å². The van der Waals surface area contributed by atoms with Gasteiger partial charge in [0.25, 0.3) is 0 Å². The molecule has 0 aliphatic heterocycles. The van der Waals surface area contributed by atoms with Gasteiger partial charge in [0.2, 0.25) is 11.8 Å². The minimum Gasteiger partial charge on any atom is -0.378 e. The first-order valence-corrected chi connectivity index (χ1v) is 8.29. The summed E-state index contributed by atoms with van der Waals surface area (Å²) in [6.45, 7) is 6.99. The molecule has 6 nitrogen and oxygen atoms in total. The van der Waals surface area contributed by atoms with Gasteiger partial charge in [0.05, 0.1) is 6.10 Å². The number of nitrogens with one attached hydrogen (secondary N) is 2. The molecule has 23 heavy (non-hydrogen) atoms. The Morgan fingerprint density at radius 3 is 2.48 bits per heavy atom. The first kappa shape index (κ1) is 20.2. The van der Waals surface area contributed by atoms with E-state index in [9.17, 15) is 9.59 Å². The van der Waals surface area contributed by atoms with Crippen LogP contribution in [0.15, 0.2) is 0 Å². The van der Waals surface area contributed by atoms with Gasteiger partial charge in [-0.2, -0.15) is 0 Å². The number of hydrogen-bond acceptors (Lipinski definition) is 4. The highest BCUT2D eigenvalue weighted by Crippen LogP contribution is 2.49. The maximum absolute atomic E-state index is 12.4. The van der Waals surface area contributed by atoms with E-state index in [1.807, 2.05) is 20.8 Å². The predicted molar refractivity (Wildman–Crippen MR) is 91.4 cm³/mol. The van der Waals surface area contributed by atoms with Crippen molar-refractivity contribution in [1.82, 2.24) is 10.6 Å². The fraction of sp³-hybridized carbons (Fsp3) is 0.875. The Labute approximate surface area is 144 Å². The molecule has 0 radical (unpaired) electrons. The molecule has 0 spiro atoms. The van der Waals surface area contributed by atoms with Crippen molar-refractivity contribution in [2.45, 2.75) is 70.6 Å². The topological polar surface area (TPSA) is 93.4 Å². The van der Waals surface area contributed by atoms with Crippen molar-refractivity contribution in [3.8, 4) is 0 Å². The number of carbonyl (C=O) groups is 2. The van der Waals surface area contributed by atoms with Crippen molar-refractivity contribution in [3.63, 3.8) is 0 Å². The molecule has 4 N–H and O–H groups in total. The van der Waals surface area contributed by atoms with Gasteiger partial charge < -0.3 is 21.1 Å². The molecule has 2 amide bonds. The molecule has 2 aliphatic carbocycles. The van der Waals surface area contributed by atoms with Crippen LogP contribution >= 0.6 is 12.4 Å². The normalized spacial score (nSPS) is 28.3. The molecule has 0 aromatic rings. The first-order chi connectivity index (χ1) is 10.3. The van der Waals surface area contributed by atoms with E-state index in [0.717, 1.165) is 12.8 Å². The van der Waals surface area contributed by atoms with Gasteiger partial charge >= 0.3 is 0 Å². The van der Waals surface area contributed by atoms with Gasteiger partial charge in [0, 0.05) is 37.5 Å². The van der Waals surface area contributed by atoms with E-state index in [1.165, 1.54) is 0 Å². The Morgan fingerprint density at radius 2 is 1.96 bits per heavy atom. The van der Waals surface area contributed by atoms with Gasteiger partial charge in [-0.25, -0.2) is 0 Å². The standard InChI is InChI=1S/C16H29N3O3.ClH/c1-4-22-12-10-16(17,15(12,2)3)14(21)18-9-5-6-13(20)19-11-7-8-11;/h11-12H,4-10,17H2,1-3H3,(H,18,21)(H,19,20);1H. The maximum Gasteiger partial charge on any atom is 0.240 e. The lowest BCUT2D eigenvalue weighted by Crippen LogP contribution is -2.75. The van der Waals surface area contributed by atoms with Crippen molar-refractivity contribution in [2.75, 3.05) is 13.2 Å². The summed E-state index contributed by atoms with van der Waals surface area (Å²) in [5.41, 5.74) is 5.03. The molecule has 2 rings (SSSR count). The third-order valence-electron chi connectivity index (χ3n) is 5.04. The Bertz CT molecular complexity index is 440. The Morgan fingerprint density at radius 1 is 1.30 bits per heavy atom. The van der Waals surface area contributed by atoms with Gasteiger partial charge in [-0.15, -0.1) is 12.4 Å². The number of nitrogens with two attached hydrogens (primary N) is 1. The average Bonchev–Trinajstić information content (AvgIpc) is 3.26. The van der Waals surface area contributed by atoms with Crippen LogP contribution in [0.25, 0.3) is 0 Å². The van der Waals surface area contributed by atoms with E-state index >= 15 is 0 Å². The van der Waals surface area contributed by atoms with Crippen molar-refractivity contribution >= 4 is 24.2 Å². The number of hydrogen-bond donors (Lipinski definition) is 3. The van der Waals surface area contributed by atoms with Crippen LogP contribution in [0.1, 0.15) is 52.9 Å². The SMILES string of the molecule is CCOC1CC(N)(C(=O)NCCCC(=O)NC2CC2)C1(C)C.Cl. The molecule has 2 aliphatic rings. The van der Waals surface area contributed by atoms with Crippen LogP contribution < -0.4 is 16.4 Å². The fourth-order valence-corrected chi connectivity index (χ4v) is 2.96. The van der Waals surface area contributed by atoms with Crippen LogP contribution in [-0.2, 0) is 14.3 Å². The van der Waals surface area contributed by atoms with E-state index in [4.69, 9.17) is 10.5 Å². The second-order valence-electron chi connectivity index (χ2n) is 7.04. The first-order valence-electron chi connectivity index (χ1n) is 8.29. The highest BCUT2D eigenvalue weighted by atomic mass is 35.5. The molecule has 0 aromatic carbocycles. The van der Waals surface area contributed by atoms with Gasteiger partial charge in [-0.05, 0) is 26.2 Å². The summed E-state index contributed by atoms with van der Waals surface area (Å²) >= 11 is 0. The zero-order valence-corrected chi connectivity index (χ0v) is 15.1. The van der Waals surface area contributed by atoms with E-state index in [2.05, 4.69) is 10.6 Å². The zero-order chi connectivity index (χ0) is 16.4. The molecule has 0 aromatic heterocycles. The summed E-state index contributed by atoms with van der Waals surface area (Å²) in [7, 11) is 0. The minimum absolute atomic E-state index is 0. The third-order valence-corrected chi connectivity index (χ3v) is 5.04. The lowest BCUT2D eigenvalue weighted by atomic mass is 9.54. The zero-order valence-electron chi connectivity index (χ0n) is 14.3. The van der Waals surface area contributed by atoms with Crippen LogP contribution in [0.2, 0.25) is 0 Å². The van der Waals surface area contributed by atoms with Crippen LogP contribution in [-0.4, -0.2) is 42.7 Å². The monoisotopic (exact) mass is 347 g/mol. The Balaban J connectivity index is 0.00000264. The second kappa shape index (κ2) is 7.81. The molecule has 2 fully saturated rings. The average molecular weight is 348 g/mol. The fourth-order valence-electron chi connectivity index (χ4n) is 2.96. The number of amides is 2. The summed E-state index contributed by atoms with van der Waals surface area (Å²) in [4.78, 5) is 23.9. The number of rotatable bonds is 8. The summed E-state index contributed by atoms with van der Waals surface area (Å²) < 4.78 is 5.63. The summed E-state index contributed by atoms with van der Waals surface area (Å²) in [5, 5.41) is 5.80. The molecule has 0 bridgehead atoms. The minimum atomic E-state index is -0.886. The number of halogens is 1. The summed E-state index contributed by atoms with van der Waals surface area (Å²) in [5.74, 6) is -0.0735. The quantitative estimate of drug-likeness (QED) is 0.573. The number of ether oxygens (including phenoxy) is 1. The smallest absolute Gasteiger partial charge is 0.240 e. The van der Waals surface area contributed by atoms with E-state index < -0.39 is 5.54 Å². The van der Waals surface area contributed by atoms with Crippen LogP contribution in [0.4, 0.5) is 0 Å². The van der Waals surface area contributed by atoms with Gasteiger partial charge in [0.1, 0.15) is 5.54 Å². The lowest BCUT2D eigenvalue weighted by molar-refractivity contribution is -0.170. The molecule has 7 heteroatoms. The van der Waals surface area contributed by atoms with E-state index in [1.54, 1.807) is 0 Å². The molecular formula is C16H30ClN3O3. The Hall–Kier alpha value is -0.850. The van der Waals surface area contributed by atoms with E-state index in [-0.39, 0.29) is 35.7 Å². The van der Waals surface area contributed by atoms with Crippen molar-refractivity contribution in [3.05, 3.63) is 0 Å². The summed E-state index contributed by atoms with van der Waals surface area (Å²) in [6.07, 6.45) is 3.83. The molecule has 2 atom stereocenters. The van der Waals surface area contributed by atoms with Crippen molar-refractivity contribution in [1.29, 1.82) is 0 Å². The predicted octanol–water partition coefficient (Wildman–Crippen LogP) is 1.12. The summed E-state index contributed by atoms with van der Waals surface area (Å²) in [6, 6.07) is 0.390.